The van der Waals surface area contributed by atoms with Crippen molar-refractivity contribution in [3.8, 4) is 0 Å². The van der Waals surface area contributed by atoms with Crippen LogP contribution in [-0.2, 0) is 6.18 Å². The highest BCUT2D eigenvalue weighted by atomic mass is 79.9. The first-order valence-electron chi connectivity index (χ1n) is 11.3. The Kier molecular flexibility index (Phi) is 5.94. The van der Waals surface area contributed by atoms with E-state index < -0.39 is 17.4 Å². The molecule has 0 spiro atoms. The third-order valence-corrected chi connectivity index (χ3v) is 7.08. The molecule has 0 radical (unpaired) electrons. The van der Waals surface area contributed by atoms with Gasteiger partial charge in [0.25, 0.3) is 5.91 Å². The SMILES string of the molecule is C[C@@]1(Nc2cc(C(F)(F)F)nc3ccccc23)CCCC(NC(=O)c2cn3c(Br)cccc3n2)C1. The minimum absolute atomic E-state index is 0.141. The third-order valence-electron chi connectivity index (χ3n) is 6.43. The molecule has 1 amide bonds. The minimum Gasteiger partial charge on any atom is -0.379 e. The predicted molar refractivity (Wildman–Crippen MR) is 131 cm³/mol. The maximum atomic E-state index is 13.5. The largest absolute Gasteiger partial charge is 0.433 e. The van der Waals surface area contributed by atoms with Gasteiger partial charge in [-0.15, -0.1) is 0 Å². The second kappa shape index (κ2) is 8.82. The Morgan fingerprint density at radius 1 is 1.17 bits per heavy atom. The number of halogens is 4. The molecule has 3 heterocycles. The number of nitrogens with zero attached hydrogens (tertiary/aromatic N) is 3. The van der Waals surface area contributed by atoms with E-state index in [9.17, 15) is 18.0 Å². The quantitative estimate of drug-likeness (QED) is 0.299. The lowest BCUT2D eigenvalue weighted by molar-refractivity contribution is -0.140. The number of imidazole rings is 1. The molecule has 1 aliphatic rings. The number of anilines is 1. The van der Waals surface area contributed by atoms with Crippen molar-refractivity contribution in [2.24, 2.45) is 0 Å². The van der Waals surface area contributed by atoms with E-state index in [1.165, 1.54) is 0 Å². The Morgan fingerprint density at radius 3 is 2.74 bits per heavy atom. The molecule has 35 heavy (non-hydrogen) atoms. The lowest BCUT2D eigenvalue weighted by Gasteiger charge is -2.40. The number of fused-ring (bicyclic) bond motifs is 2. The van der Waals surface area contributed by atoms with Gasteiger partial charge in [0, 0.05) is 28.9 Å². The van der Waals surface area contributed by atoms with Crippen LogP contribution in [0.1, 0.15) is 48.8 Å². The molecule has 2 atom stereocenters. The van der Waals surface area contributed by atoms with E-state index in [0.717, 1.165) is 29.9 Å². The van der Waals surface area contributed by atoms with Crippen molar-refractivity contribution in [2.45, 2.75) is 50.4 Å². The molecule has 3 aromatic heterocycles. The van der Waals surface area contributed by atoms with Gasteiger partial charge in [0.1, 0.15) is 17.0 Å². The number of alkyl halides is 3. The number of hydrogen-bond donors (Lipinski definition) is 2. The summed E-state index contributed by atoms with van der Waals surface area (Å²) < 4.78 is 43.0. The van der Waals surface area contributed by atoms with Crippen molar-refractivity contribution in [1.29, 1.82) is 0 Å². The normalized spacial score (nSPS) is 20.8. The van der Waals surface area contributed by atoms with E-state index in [4.69, 9.17) is 0 Å². The maximum Gasteiger partial charge on any atom is 0.433 e. The summed E-state index contributed by atoms with van der Waals surface area (Å²) in [5.74, 6) is -0.274. The zero-order valence-corrected chi connectivity index (χ0v) is 20.4. The standard InChI is InChI=1S/C25H23BrF3N5O/c1-24(33-18-12-20(25(27,28)29)31-17-8-3-2-7-16(17)18)11-5-6-15(13-24)30-23(35)19-14-34-21(26)9-4-10-22(34)32-19/h2-4,7-10,12,14-15H,5-6,11,13H2,1H3,(H,30,35)(H,31,33)/t15?,24-/m1/s1. The number of aromatic nitrogens is 3. The smallest absolute Gasteiger partial charge is 0.379 e. The molecule has 10 heteroatoms. The van der Waals surface area contributed by atoms with Crippen LogP contribution < -0.4 is 10.6 Å². The van der Waals surface area contributed by atoms with E-state index in [2.05, 4.69) is 36.5 Å². The van der Waals surface area contributed by atoms with Crippen molar-refractivity contribution in [1.82, 2.24) is 19.7 Å². The van der Waals surface area contributed by atoms with Crippen LogP contribution in [0.2, 0.25) is 0 Å². The molecular weight excluding hydrogens is 523 g/mol. The number of para-hydroxylation sites is 1. The van der Waals surface area contributed by atoms with Crippen molar-refractivity contribution in [3.63, 3.8) is 0 Å². The van der Waals surface area contributed by atoms with Crippen LogP contribution in [0, 0.1) is 0 Å². The second-order valence-electron chi connectivity index (χ2n) is 9.23. The second-order valence-corrected chi connectivity index (χ2v) is 10.0. The monoisotopic (exact) mass is 545 g/mol. The lowest BCUT2D eigenvalue weighted by atomic mass is 9.80. The van der Waals surface area contributed by atoms with E-state index in [1.807, 2.05) is 25.1 Å². The minimum atomic E-state index is -4.55. The summed E-state index contributed by atoms with van der Waals surface area (Å²) in [5, 5.41) is 7.06. The number of rotatable bonds is 4. The molecule has 182 valence electrons. The highest BCUT2D eigenvalue weighted by Crippen LogP contribution is 2.37. The number of pyridine rings is 2. The van der Waals surface area contributed by atoms with Crippen LogP contribution in [0.25, 0.3) is 16.6 Å². The summed E-state index contributed by atoms with van der Waals surface area (Å²) in [6.45, 7) is 1.98. The number of amides is 1. The first-order valence-corrected chi connectivity index (χ1v) is 12.1. The zero-order chi connectivity index (χ0) is 24.8. The summed E-state index contributed by atoms with van der Waals surface area (Å²) in [4.78, 5) is 21.1. The summed E-state index contributed by atoms with van der Waals surface area (Å²) in [6.07, 6.45) is 0.0576. The van der Waals surface area contributed by atoms with Crippen LogP contribution in [0.4, 0.5) is 18.9 Å². The number of nitrogens with one attached hydrogen (secondary N) is 2. The lowest BCUT2D eigenvalue weighted by Crippen LogP contribution is -2.48. The molecule has 0 bridgehead atoms. The molecule has 4 aromatic rings. The molecule has 6 nitrogen and oxygen atoms in total. The van der Waals surface area contributed by atoms with Crippen LogP contribution >= 0.6 is 15.9 Å². The van der Waals surface area contributed by atoms with E-state index in [-0.39, 0.29) is 17.5 Å². The van der Waals surface area contributed by atoms with Crippen LogP contribution in [0.5, 0.6) is 0 Å². The van der Waals surface area contributed by atoms with Crippen molar-refractivity contribution in [3.05, 3.63) is 70.7 Å². The Bertz CT molecular complexity index is 1420. The van der Waals surface area contributed by atoms with Crippen LogP contribution in [0.15, 0.2) is 59.3 Å². The van der Waals surface area contributed by atoms with Crippen molar-refractivity contribution in [2.75, 3.05) is 5.32 Å². The summed E-state index contributed by atoms with van der Waals surface area (Å²) in [7, 11) is 0. The van der Waals surface area contributed by atoms with Gasteiger partial charge in [-0.2, -0.15) is 13.2 Å². The van der Waals surface area contributed by atoms with Gasteiger partial charge in [0.2, 0.25) is 0 Å². The highest BCUT2D eigenvalue weighted by Gasteiger charge is 2.36. The number of carbonyl (C=O) groups excluding carboxylic acids is 1. The Morgan fingerprint density at radius 2 is 1.97 bits per heavy atom. The molecule has 0 saturated heterocycles. The summed E-state index contributed by atoms with van der Waals surface area (Å²) in [6, 6.07) is 13.2. The molecule has 1 aromatic carbocycles. The highest BCUT2D eigenvalue weighted by molar-refractivity contribution is 9.10. The fraction of sp³-hybridized carbons (Fsp3) is 0.320. The number of hydrogen-bond acceptors (Lipinski definition) is 4. The van der Waals surface area contributed by atoms with Gasteiger partial charge < -0.3 is 10.6 Å². The van der Waals surface area contributed by atoms with Gasteiger partial charge in [-0.1, -0.05) is 24.3 Å². The van der Waals surface area contributed by atoms with Gasteiger partial charge in [0.05, 0.1) is 10.1 Å². The van der Waals surface area contributed by atoms with Gasteiger partial charge in [-0.05, 0) is 72.8 Å². The molecule has 1 fully saturated rings. The average Bonchev–Trinajstić information content (AvgIpc) is 3.24. The first kappa shape index (κ1) is 23.6. The predicted octanol–water partition coefficient (Wildman–Crippen LogP) is 6.21. The molecular formula is C25H23BrF3N5O. The molecule has 2 N–H and O–H groups in total. The van der Waals surface area contributed by atoms with Gasteiger partial charge in [0.15, 0.2) is 0 Å². The van der Waals surface area contributed by atoms with Crippen LogP contribution in [0.3, 0.4) is 0 Å². The average molecular weight is 546 g/mol. The summed E-state index contributed by atoms with van der Waals surface area (Å²) in [5.41, 5.74) is 0.206. The zero-order valence-electron chi connectivity index (χ0n) is 18.9. The molecule has 1 saturated carbocycles. The summed E-state index contributed by atoms with van der Waals surface area (Å²) >= 11 is 3.45. The Hall–Kier alpha value is -3.14. The topological polar surface area (TPSA) is 71.3 Å². The first-order chi connectivity index (χ1) is 16.6. The van der Waals surface area contributed by atoms with Gasteiger partial charge in [-0.25, -0.2) is 9.97 Å². The number of benzene rings is 1. The van der Waals surface area contributed by atoms with E-state index in [1.54, 1.807) is 34.9 Å². The molecule has 1 aliphatic carbocycles. The maximum absolute atomic E-state index is 13.5. The fourth-order valence-electron chi connectivity index (χ4n) is 4.82. The third kappa shape index (κ3) is 4.84. The van der Waals surface area contributed by atoms with E-state index >= 15 is 0 Å². The molecule has 1 unspecified atom stereocenters. The van der Waals surface area contributed by atoms with E-state index in [0.29, 0.717) is 28.8 Å². The Labute approximate surface area is 208 Å². The number of carbonyl (C=O) groups is 1. The Balaban J connectivity index is 1.37. The van der Waals surface area contributed by atoms with Gasteiger partial charge in [-0.3, -0.25) is 9.20 Å². The van der Waals surface area contributed by atoms with Crippen molar-refractivity contribution >= 4 is 44.1 Å². The van der Waals surface area contributed by atoms with Crippen LogP contribution in [-0.4, -0.2) is 31.9 Å². The molecule has 5 rings (SSSR count). The fourth-order valence-corrected chi connectivity index (χ4v) is 5.25. The van der Waals surface area contributed by atoms with Gasteiger partial charge >= 0.3 is 6.18 Å². The van der Waals surface area contributed by atoms with Crippen molar-refractivity contribution < 1.29 is 18.0 Å². The molecule has 0 aliphatic heterocycles.